The number of furan rings is 1. The standard InChI is InChI=1S/C25H24N2O6/c1-15(24(29)30)12-26-23(28)22-11-10-16(33-22)13-27-25(31)32-14-21-19-8-4-2-6-17(19)18-7-3-5-9-20(18)21/h2-11,15,21H,12-14H2,1H3,(H,26,28)(H,27,31)(H,29,30). The van der Waals surface area contributed by atoms with E-state index in [9.17, 15) is 14.4 Å². The molecular formula is C25H24N2O6. The van der Waals surface area contributed by atoms with Gasteiger partial charge in [0.25, 0.3) is 5.91 Å². The molecule has 1 heterocycles. The number of nitrogens with one attached hydrogen (secondary N) is 2. The van der Waals surface area contributed by atoms with Crippen molar-refractivity contribution in [1.29, 1.82) is 0 Å². The molecule has 1 atom stereocenters. The van der Waals surface area contributed by atoms with Crippen molar-refractivity contribution in [3.63, 3.8) is 0 Å². The minimum atomic E-state index is -0.997. The summed E-state index contributed by atoms with van der Waals surface area (Å²) < 4.78 is 10.9. The molecule has 0 spiro atoms. The highest BCUT2D eigenvalue weighted by molar-refractivity contribution is 5.91. The molecule has 0 radical (unpaired) electrons. The Morgan fingerprint density at radius 3 is 2.24 bits per heavy atom. The predicted octanol–water partition coefficient (Wildman–Crippen LogP) is 3.77. The van der Waals surface area contributed by atoms with Crippen molar-refractivity contribution >= 4 is 18.0 Å². The third-order valence-corrected chi connectivity index (χ3v) is 5.63. The van der Waals surface area contributed by atoms with Gasteiger partial charge in [0.2, 0.25) is 0 Å². The lowest BCUT2D eigenvalue weighted by Gasteiger charge is -2.14. The van der Waals surface area contributed by atoms with Gasteiger partial charge in [-0.3, -0.25) is 9.59 Å². The fraction of sp³-hybridized carbons (Fsp3) is 0.240. The van der Waals surface area contributed by atoms with Gasteiger partial charge < -0.3 is 24.9 Å². The van der Waals surface area contributed by atoms with Gasteiger partial charge in [-0.25, -0.2) is 4.79 Å². The lowest BCUT2D eigenvalue weighted by molar-refractivity contribution is -0.140. The van der Waals surface area contributed by atoms with E-state index in [-0.39, 0.29) is 31.4 Å². The molecule has 1 aromatic heterocycles. The van der Waals surface area contributed by atoms with Crippen LogP contribution in [0.2, 0.25) is 0 Å². The third-order valence-electron chi connectivity index (χ3n) is 5.63. The van der Waals surface area contributed by atoms with Crippen LogP contribution in [0.5, 0.6) is 0 Å². The Bertz CT molecular complexity index is 1140. The van der Waals surface area contributed by atoms with E-state index >= 15 is 0 Å². The summed E-state index contributed by atoms with van der Waals surface area (Å²) in [5, 5.41) is 14.0. The smallest absolute Gasteiger partial charge is 0.407 e. The average Bonchev–Trinajstić information content (AvgIpc) is 3.42. The minimum absolute atomic E-state index is 0.0117. The first-order chi connectivity index (χ1) is 15.9. The monoisotopic (exact) mass is 448 g/mol. The normalized spacial score (nSPS) is 13.0. The molecule has 33 heavy (non-hydrogen) atoms. The van der Waals surface area contributed by atoms with Crippen molar-refractivity contribution in [2.24, 2.45) is 5.92 Å². The summed E-state index contributed by atoms with van der Waals surface area (Å²) in [5.41, 5.74) is 4.57. The number of hydrogen-bond donors (Lipinski definition) is 3. The molecule has 8 nitrogen and oxygen atoms in total. The summed E-state index contributed by atoms with van der Waals surface area (Å²) in [4.78, 5) is 35.2. The number of amides is 2. The number of hydrogen-bond acceptors (Lipinski definition) is 5. The lowest BCUT2D eigenvalue weighted by atomic mass is 9.98. The Morgan fingerprint density at radius 1 is 0.970 bits per heavy atom. The molecule has 3 N–H and O–H groups in total. The molecule has 170 valence electrons. The average molecular weight is 448 g/mol. The number of ether oxygens (including phenoxy) is 1. The lowest BCUT2D eigenvalue weighted by Crippen LogP contribution is -2.31. The molecule has 1 unspecified atom stereocenters. The number of carboxylic acids is 1. The van der Waals surface area contributed by atoms with E-state index < -0.39 is 23.9 Å². The summed E-state index contributed by atoms with van der Waals surface area (Å²) in [5.74, 6) is -1.84. The Balaban J connectivity index is 1.29. The molecule has 0 fully saturated rings. The summed E-state index contributed by atoms with van der Waals surface area (Å²) >= 11 is 0. The van der Waals surface area contributed by atoms with Crippen LogP contribution in [0.15, 0.2) is 65.1 Å². The van der Waals surface area contributed by atoms with Crippen molar-refractivity contribution < 1.29 is 28.6 Å². The van der Waals surface area contributed by atoms with Crippen LogP contribution in [0.1, 0.15) is 40.3 Å². The largest absolute Gasteiger partial charge is 0.481 e. The van der Waals surface area contributed by atoms with Gasteiger partial charge in [-0.15, -0.1) is 0 Å². The molecule has 1 aliphatic rings. The zero-order valence-electron chi connectivity index (χ0n) is 18.0. The van der Waals surface area contributed by atoms with E-state index in [2.05, 4.69) is 22.8 Å². The minimum Gasteiger partial charge on any atom is -0.481 e. The molecule has 0 saturated carbocycles. The number of rotatable bonds is 8. The van der Waals surface area contributed by atoms with Gasteiger partial charge in [0.15, 0.2) is 5.76 Å². The van der Waals surface area contributed by atoms with Crippen molar-refractivity contribution in [2.45, 2.75) is 19.4 Å². The molecule has 2 amide bonds. The van der Waals surface area contributed by atoms with E-state index in [1.807, 2.05) is 36.4 Å². The highest BCUT2D eigenvalue weighted by Gasteiger charge is 2.29. The first kappa shape index (κ1) is 22.1. The van der Waals surface area contributed by atoms with Gasteiger partial charge >= 0.3 is 12.1 Å². The first-order valence-corrected chi connectivity index (χ1v) is 10.6. The molecule has 8 heteroatoms. The van der Waals surface area contributed by atoms with Crippen LogP contribution in [0.25, 0.3) is 11.1 Å². The molecule has 0 bridgehead atoms. The third kappa shape index (κ3) is 4.90. The zero-order valence-corrected chi connectivity index (χ0v) is 18.0. The molecule has 0 saturated heterocycles. The zero-order chi connectivity index (χ0) is 23.4. The van der Waals surface area contributed by atoms with Crippen molar-refractivity contribution in [1.82, 2.24) is 10.6 Å². The maximum atomic E-state index is 12.3. The van der Waals surface area contributed by atoms with Crippen molar-refractivity contribution in [2.75, 3.05) is 13.2 Å². The van der Waals surface area contributed by atoms with Gasteiger partial charge in [-0.05, 0) is 34.4 Å². The second-order valence-corrected chi connectivity index (χ2v) is 7.89. The Labute approximate surface area is 190 Å². The van der Waals surface area contributed by atoms with Crippen LogP contribution in [0, 0.1) is 5.92 Å². The van der Waals surface area contributed by atoms with Crippen molar-refractivity contribution in [3.05, 3.63) is 83.3 Å². The van der Waals surface area contributed by atoms with E-state index in [1.54, 1.807) is 6.07 Å². The van der Waals surface area contributed by atoms with Crippen LogP contribution in [0.3, 0.4) is 0 Å². The highest BCUT2D eigenvalue weighted by Crippen LogP contribution is 2.44. The second kappa shape index (κ2) is 9.60. The van der Waals surface area contributed by atoms with Gasteiger partial charge in [-0.1, -0.05) is 55.5 Å². The molecule has 2 aromatic carbocycles. The Morgan fingerprint density at radius 2 is 1.61 bits per heavy atom. The number of carbonyl (C=O) groups excluding carboxylic acids is 2. The van der Waals surface area contributed by atoms with Crippen molar-refractivity contribution in [3.8, 4) is 11.1 Å². The summed E-state index contributed by atoms with van der Waals surface area (Å²) in [6.07, 6.45) is -0.588. The summed E-state index contributed by atoms with van der Waals surface area (Å²) in [6, 6.07) is 19.2. The number of fused-ring (bicyclic) bond motifs is 3. The van der Waals surface area contributed by atoms with Crippen LogP contribution < -0.4 is 10.6 Å². The van der Waals surface area contributed by atoms with Crippen LogP contribution in [0.4, 0.5) is 4.79 Å². The highest BCUT2D eigenvalue weighted by atomic mass is 16.5. The predicted molar refractivity (Wildman–Crippen MR) is 120 cm³/mol. The van der Waals surface area contributed by atoms with Crippen LogP contribution in [-0.2, 0) is 16.1 Å². The van der Waals surface area contributed by atoms with Gasteiger partial charge in [0.05, 0.1) is 12.5 Å². The maximum Gasteiger partial charge on any atom is 0.407 e. The first-order valence-electron chi connectivity index (χ1n) is 10.6. The van der Waals surface area contributed by atoms with E-state index in [1.165, 1.54) is 13.0 Å². The Kier molecular flexibility index (Phi) is 6.44. The SMILES string of the molecule is CC(CNC(=O)c1ccc(CNC(=O)OCC2c3ccccc3-c3ccccc32)o1)C(=O)O. The molecular weight excluding hydrogens is 424 g/mol. The summed E-state index contributed by atoms with van der Waals surface area (Å²) in [6.45, 7) is 1.74. The summed E-state index contributed by atoms with van der Waals surface area (Å²) in [7, 11) is 0. The second-order valence-electron chi connectivity index (χ2n) is 7.89. The van der Waals surface area contributed by atoms with E-state index in [0.29, 0.717) is 5.76 Å². The van der Waals surface area contributed by atoms with Gasteiger partial charge in [0, 0.05) is 12.5 Å². The number of benzene rings is 2. The van der Waals surface area contributed by atoms with Gasteiger partial charge in [0.1, 0.15) is 12.4 Å². The quantitative estimate of drug-likeness (QED) is 0.483. The molecule has 4 rings (SSSR count). The molecule has 0 aliphatic heterocycles. The fourth-order valence-electron chi connectivity index (χ4n) is 3.82. The Hall–Kier alpha value is -4.07. The number of carbonyl (C=O) groups is 3. The van der Waals surface area contributed by atoms with E-state index in [0.717, 1.165) is 22.3 Å². The maximum absolute atomic E-state index is 12.3. The van der Waals surface area contributed by atoms with Crippen LogP contribution >= 0.6 is 0 Å². The number of alkyl carbamates (subject to hydrolysis) is 1. The van der Waals surface area contributed by atoms with Crippen LogP contribution in [-0.4, -0.2) is 36.2 Å². The molecule has 3 aromatic rings. The number of carboxylic acid groups (broad SMARTS) is 1. The van der Waals surface area contributed by atoms with E-state index in [4.69, 9.17) is 14.3 Å². The van der Waals surface area contributed by atoms with Gasteiger partial charge in [-0.2, -0.15) is 0 Å². The molecule has 1 aliphatic carbocycles. The fourth-order valence-corrected chi connectivity index (χ4v) is 3.82. The topological polar surface area (TPSA) is 118 Å². The number of aliphatic carboxylic acids is 1.